The molecule has 1 aromatic rings. The molecule has 98 valence electrons. The number of allylic oxidation sites excluding steroid dienone is 1. The van der Waals surface area contributed by atoms with Gasteiger partial charge in [0, 0.05) is 6.07 Å². The molecule has 0 spiro atoms. The first kappa shape index (κ1) is 14.3. The van der Waals surface area contributed by atoms with E-state index in [1.165, 1.54) is 24.3 Å². The first-order valence-corrected chi connectivity index (χ1v) is 5.26. The number of hydrogen-bond acceptors (Lipinski definition) is 6. The van der Waals surface area contributed by atoms with Crippen molar-refractivity contribution in [1.29, 1.82) is 5.26 Å². The van der Waals surface area contributed by atoms with Crippen molar-refractivity contribution < 1.29 is 19.0 Å². The highest BCUT2D eigenvalue weighted by molar-refractivity contribution is 5.89. The summed E-state index contributed by atoms with van der Waals surface area (Å²) in [6, 6.07) is 6.50. The van der Waals surface area contributed by atoms with E-state index in [-0.39, 0.29) is 12.3 Å². The molecule has 0 saturated heterocycles. The molecule has 0 radical (unpaired) electrons. The van der Waals surface area contributed by atoms with Gasteiger partial charge in [0.15, 0.2) is 0 Å². The largest absolute Gasteiger partial charge is 0.498 e. The van der Waals surface area contributed by atoms with Crippen LogP contribution < -0.4 is 0 Å². The smallest absolute Gasteiger partial charge is 0.363 e. The molecule has 7 heteroatoms. The summed E-state index contributed by atoms with van der Waals surface area (Å²) in [5, 5.41) is 24.7. The summed E-state index contributed by atoms with van der Waals surface area (Å²) in [5.41, 5.74) is -0.499. The molecule has 0 amide bonds. The van der Waals surface area contributed by atoms with Gasteiger partial charge in [-0.05, 0) is 19.1 Å². The van der Waals surface area contributed by atoms with E-state index in [1.807, 2.05) is 0 Å². The Bertz CT molecular complexity index is 576. The van der Waals surface area contributed by atoms with Gasteiger partial charge in [-0.2, -0.15) is 10.4 Å². The van der Waals surface area contributed by atoms with Crippen LogP contribution in [0, 0.1) is 17.1 Å². The van der Waals surface area contributed by atoms with Crippen LogP contribution >= 0.6 is 0 Å². The van der Waals surface area contributed by atoms with E-state index >= 15 is 0 Å². The number of esters is 1. The monoisotopic (exact) mass is 263 g/mol. The van der Waals surface area contributed by atoms with Gasteiger partial charge < -0.3 is 9.84 Å². The zero-order valence-corrected chi connectivity index (χ0v) is 10.00. The standard InChI is InChI=1S/C12H10FN3O3/c1-2-19-12(18)11(10(17)7-14)16-15-9-5-3-4-8(13)6-9/h3-6,17H,2H2,1H3/b11-10-,16-15?. The maximum Gasteiger partial charge on any atom is 0.363 e. The predicted octanol–water partition coefficient (Wildman–Crippen LogP) is 2.77. The molecule has 0 fully saturated rings. The molecule has 0 aliphatic heterocycles. The second-order valence-electron chi connectivity index (χ2n) is 3.21. The van der Waals surface area contributed by atoms with E-state index in [4.69, 9.17) is 5.26 Å². The van der Waals surface area contributed by atoms with Gasteiger partial charge in [-0.25, -0.2) is 9.18 Å². The lowest BCUT2D eigenvalue weighted by Crippen LogP contribution is -2.08. The lowest BCUT2D eigenvalue weighted by atomic mass is 10.3. The Morgan fingerprint density at radius 1 is 1.58 bits per heavy atom. The number of halogens is 1. The summed E-state index contributed by atoms with van der Waals surface area (Å²) < 4.78 is 17.5. The number of nitrogens with zero attached hydrogens (tertiary/aromatic N) is 3. The van der Waals surface area contributed by atoms with Crippen molar-refractivity contribution in [2.45, 2.75) is 6.92 Å². The normalized spacial score (nSPS) is 11.8. The fraction of sp³-hybridized carbons (Fsp3) is 0.167. The molecule has 19 heavy (non-hydrogen) atoms. The van der Waals surface area contributed by atoms with Gasteiger partial charge in [0.25, 0.3) is 0 Å². The highest BCUT2D eigenvalue weighted by Gasteiger charge is 2.16. The summed E-state index contributed by atoms with van der Waals surface area (Å²) in [5.74, 6) is -2.43. The molecular weight excluding hydrogens is 253 g/mol. The van der Waals surface area contributed by atoms with Gasteiger partial charge in [0.2, 0.25) is 11.5 Å². The minimum absolute atomic E-state index is 0.0521. The van der Waals surface area contributed by atoms with Gasteiger partial charge in [-0.3, -0.25) is 0 Å². The molecule has 0 atom stereocenters. The average molecular weight is 263 g/mol. The van der Waals surface area contributed by atoms with E-state index in [9.17, 15) is 14.3 Å². The van der Waals surface area contributed by atoms with Crippen LogP contribution in [0.4, 0.5) is 10.1 Å². The van der Waals surface area contributed by atoms with E-state index in [1.54, 1.807) is 6.92 Å². The number of nitriles is 1. The molecule has 0 heterocycles. The summed E-state index contributed by atoms with van der Waals surface area (Å²) >= 11 is 0. The van der Waals surface area contributed by atoms with E-state index < -0.39 is 23.2 Å². The zero-order valence-electron chi connectivity index (χ0n) is 10.00. The molecule has 0 saturated carbocycles. The molecule has 1 rings (SSSR count). The van der Waals surface area contributed by atoms with Crippen molar-refractivity contribution in [3.8, 4) is 6.07 Å². The molecule has 0 aliphatic carbocycles. The SMILES string of the molecule is CCOC(=O)/C(N=Nc1cccc(F)c1)=C(/O)C#N. The Balaban J connectivity index is 3.03. The Morgan fingerprint density at radius 3 is 2.89 bits per heavy atom. The number of aliphatic hydroxyl groups excluding tert-OH is 1. The summed E-state index contributed by atoms with van der Waals surface area (Å²) in [7, 11) is 0. The van der Waals surface area contributed by atoms with Crippen LogP contribution in [0.1, 0.15) is 6.92 Å². The molecule has 1 aromatic carbocycles. The number of benzene rings is 1. The topological polar surface area (TPSA) is 95.0 Å². The Labute approximate surface area is 108 Å². The number of aliphatic hydroxyl groups is 1. The van der Waals surface area contributed by atoms with E-state index in [0.29, 0.717) is 0 Å². The van der Waals surface area contributed by atoms with Crippen molar-refractivity contribution in [3.05, 3.63) is 41.5 Å². The second-order valence-corrected chi connectivity index (χ2v) is 3.21. The second kappa shape index (κ2) is 6.86. The number of carbonyl (C=O) groups excluding carboxylic acids is 1. The van der Waals surface area contributed by atoms with Gasteiger partial charge in [-0.15, -0.1) is 5.11 Å². The van der Waals surface area contributed by atoms with E-state index in [0.717, 1.165) is 6.07 Å². The van der Waals surface area contributed by atoms with Crippen molar-refractivity contribution in [3.63, 3.8) is 0 Å². The third-order valence-electron chi connectivity index (χ3n) is 1.87. The van der Waals surface area contributed by atoms with Crippen LogP contribution in [0.3, 0.4) is 0 Å². The Morgan fingerprint density at radius 2 is 2.32 bits per heavy atom. The number of carbonyl (C=O) groups is 1. The lowest BCUT2D eigenvalue weighted by molar-refractivity contribution is -0.138. The third kappa shape index (κ3) is 4.20. The fourth-order valence-corrected chi connectivity index (χ4v) is 1.08. The quantitative estimate of drug-likeness (QED) is 0.225. The van der Waals surface area contributed by atoms with Crippen molar-refractivity contribution in [2.24, 2.45) is 10.2 Å². The third-order valence-corrected chi connectivity index (χ3v) is 1.87. The van der Waals surface area contributed by atoms with Gasteiger partial charge >= 0.3 is 5.97 Å². The van der Waals surface area contributed by atoms with Crippen LogP contribution in [0.5, 0.6) is 0 Å². The fourth-order valence-electron chi connectivity index (χ4n) is 1.08. The van der Waals surface area contributed by atoms with Crippen molar-refractivity contribution in [1.82, 2.24) is 0 Å². The number of hydrogen-bond donors (Lipinski definition) is 1. The van der Waals surface area contributed by atoms with Gasteiger partial charge in [0.1, 0.15) is 11.9 Å². The first-order valence-electron chi connectivity index (χ1n) is 5.26. The minimum Gasteiger partial charge on any atom is -0.498 e. The predicted molar refractivity (Wildman–Crippen MR) is 62.8 cm³/mol. The highest BCUT2D eigenvalue weighted by Crippen LogP contribution is 2.16. The number of ether oxygens (including phenoxy) is 1. The lowest BCUT2D eigenvalue weighted by Gasteiger charge is -2.00. The van der Waals surface area contributed by atoms with Crippen molar-refractivity contribution >= 4 is 11.7 Å². The van der Waals surface area contributed by atoms with Crippen LogP contribution in [0.2, 0.25) is 0 Å². The van der Waals surface area contributed by atoms with Crippen LogP contribution in [0.25, 0.3) is 0 Å². The number of rotatable bonds is 4. The maximum atomic E-state index is 12.9. The highest BCUT2D eigenvalue weighted by atomic mass is 19.1. The molecular formula is C12H10FN3O3. The van der Waals surface area contributed by atoms with E-state index in [2.05, 4.69) is 15.0 Å². The summed E-state index contributed by atoms with van der Waals surface area (Å²) in [4.78, 5) is 11.4. The minimum atomic E-state index is -0.985. The number of azo groups is 1. The molecule has 0 aliphatic rings. The Hall–Kier alpha value is -2.75. The van der Waals surface area contributed by atoms with Crippen molar-refractivity contribution in [2.75, 3.05) is 6.61 Å². The van der Waals surface area contributed by atoms with Crippen LogP contribution in [0.15, 0.2) is 46.0 Å². The molecule has 6 nitrogen and oxygen atoms in total. The summed E-state index contributed by atoms with van der Waals surface area (Å²) in [6.07, 6.45) is 0. The van der Waals surface area contributed by atoms with Gasteiger partial charge in [0.05, 0.1) is 12.3 Å². The summed E-state index contributed by atoms with van der Waals surface area (Å²) in [6.45, 7) is 1.61. The van der Waals surface area contributed by atoms with Crippen LogP contribution in [-0.2, 0) is 9.53 Å². The Kier molecular flexibility index (Phi) is 5.17. The van der Waals surface area contributed by atoms with Gasteiger partial charge in [-0.1, -0.05) is 6.07 Å². The molecule has 0 bridgehead atoms. The van der Waals surface area contributed by atoms with Crippen LogP contribution in [-0.4, -0.2) is 17.7 Å². The first-order chi connectivity index (χ1) is 9.08. The maximum absolute atomic E-state index is 12.9. The zero-order chi connectivity index (χ0) is 14.3. The average Bonchev–Trinajstić information content (AvgIpc) is 2.39. The molecule has 0 unspecified atom stereocenters. The molecule has 1 N–H and O–H groups in total. The molecule has 0 aromatic heterocycles.